The van der Waals surface area contributed by atoms with E-state index in [1.54, 1.807) is 13.0 Å². The van der Waals surface area contributed by atoms with Crippen molar-refractivity contribution in [2.75, 3.05) is 19.0 Å². The Morgan fingerprint density at radius 3 is 2.78 bits per heavy atom. The zero-order valence-corrected chi connectivity index (χ0v) is 20.7. The van der Waals surface area contributed by atoms with Crippen LogP contribution < -0.4 is 14.8 Å². The van der Waals surface area contributed by atoms with Crippen LogP contribution in [0.25, 0.3) is 32.0 Å². The Labute approximate surface area is 213 Å². The van der Waals surface area contributed by atoms with Crippen LogP contribution in [0.5, 0.6) is 11.8 Å². The average Bonchev–Trinajstić information content (AvgIpc) is 3.29. The molecule has 5 aromatic rings. The van der Waals surface area contributed by atoms with Gasteiger partial charge in [0.1, 0.15) is 28.1 Å². The number of carbonyl (C=O) groups is 1. The Balaban J connectivity index is 1.33. The quantitative estimate of drug-likeness (QED) is 0.325. The Bertz CT molecular complexity index is 1600. The van der Waals surface area contributed by atoms with Gasteiger partial charge in [-0.3, -0.25) is 5.32 Å². The Hall–Kier alpha value is -4.52. The molecular weight excluding hydrogens is 501 g/mol. The van der Waals surface area contributed by atoms with Gasteiger partial charge in [0.25, 0.3) is 5.88 Å². The molecule has 0 radical (unpaired) electrons. The van der Waals surface area contributed by atoms with Gasteiger partial charge in [0.2, 0.25) is 5.88 Å². The lowest BCUT2D eigenvalue weighted by atomic mass is 10.1. The van der Waals surface area contributed by atoms with Gasteiger partial charge in [-0.05, 0) is 37.6 Å². The number of anilines is 1. The summed E-state index contributed by atoms with van der Waals surface area (Å²) in [7, 11) is 1.53. The van der Waals surface area contributed by atoms with E-state index in [0.717, 1.165) is 11.1 Å². The van der Waals surface area contributed by atoms with Gasteiger partial charge < -0.3 is 14.2 Å². The van der Waals surface area contributed by atoms with Crippen molar-refractivity contribution in [3.05, 3.63) is 54.2 Å². The number of hydrogen-bond acceptors (Lipinski definition) is 11. The highest BCUT2D eigenvalue weighted by molar-refractivity contribution is 7.21. The van der Waals surface area contributed by atoms with E-state index in [1.165, 1.54) is 43.1 Å². The van der Waals surface area contributed by atoms with Crippen LogP contribution in [0.4, 0.5) is 14.9 Å². The molecule has 1 aromatic carbocycles. The number of ether oxygens (including phenoxy) is 3. The van der Waals surface area contributed by atoms with Gasteiger partial charge in [-0.1, -0.05) is 11.3 Å². The Morgan fingerprint density at radius 1 is 1.14 bits per heavy atom. The largest absolute Gasteiger partial charge is 0.480 e. The smallest absolute Gasteiger partial charge is 0.412 e. The van der Waals surface area contributed by atoms with E-state index < -0.39 is 18.0 Å². The molecule has 1 unspecified atom stereocenters. The first kappa shape index (κ1) is 24.2. The number of halogens is 1. The molecule has 4 aromatic heterocycles. The van der Waals surface area contributed by atoms with Crippen molar-refractivity contribution < 1.29 is 23.4 Å². The molecule has 0 aliphatic rings. The number of carbonyl (C=O) groups excluding carboxylic acids is 1. The molecule has 0 fully saturated rings. The van der Waals surface area contributed by atoms with Crippen molar-refractivity contribution in [1.29, 1.82) is 0 Å². The lowest BCUT2D eigenvalue weighted by molar-refractivity contribution is 0.0827. The zero-order valence-electron chi connectivity index (χ0n) is 19.9. The number of amides is 1. The third-order valence-electron chi connectivity index (χ3n) is 5.11. The number of benzene rings is 1. The van der Waals surface area contributed by atoms with Gasteiger partial charge in [0, 0.05) is 11.6 Å². The summed E-state index contributed by atoms with van der Waals surface area (Å²) in [5, 5.41) is 10.4. The van der Waals surface area contributed by atoms with Crippen LogP contribution in [0, 0.1) is 12.7 Å². The molecule has 1 amide bonds. The number of aromatic nitrogens is 6. The third-order valence-corrected chi connectivity index (χ3v) is 6.11. The number of thiazole rings is 1. The van der Waals surface area contributed by atoms with Gasteiger partial charge in [0.15, 0.2) is 5.82 Å². The summed E-state index contributed by atoms with van der Waals surface area (Å²) in [6.07, 6.45) is 2.96. The molecule has 0 bridgehead atoms. The minimum Gasteiger partial charge on any atom is -0.480 e. The average molecular weight is 522 g/mol. The first-order valence-corrected chi connectivity index (χ1v) is 11.9. The standard InChI is InChI=1S/C24H20FN7O4S/c1-12-6-15(20-17(7-12)30-19(34-3)10-26-20)22-31-18-8-16(25)21(32-23(18)37-22)35-11-13(2)36-24(33)29-14-4-5-27-28-9-14/h4-10,13H,11H2,1-3H3,(H,27,29,33). The summed E-state index contributed by atoms with van der Waals surface area (Å²) < 4.78 is 30.7. The lowest BCUT2D eigenvalue weighted by Gasteiger charge is -2.14. The van der Waals surface area contributed by atoms with E-state index in [-0.39, 0.29) is 12.5 Å². The highest BCUT2D eigenvalue weighted by Crippen LogP contribution is 2.35. The second kappa shape index (κ2) is 10.2. The molecule has 4 heterocycles. The monoisotopic (exact) mass is 521 g/mol. The number of methoxy groups -OCH3 is 1. The molecule has 188 valence electrons. The van der Waals surface area contributed by atoms with Gasteiger partial charge in [-0.25, -0.2) is 24.1 Å². The fourth-order valence-corrected chi connectivity index (χ4v) is 4.41. The first-order chi connectivity index (χ1) is 17.9. The highest BCUT2D eigenvalue weighted by Gasteiger charge is 2.18. The minimum atomic E-state index is -0.703. The maximum atomic E-state index is 14.7. The molecule has 0 saturated carbocycles. The second-order valence-corrected chi connectivity index (χ2v) is 8.97. The summed E-state index contributed by atoms with van der Waals surface area (Å²) in [4.78, 5) is 30.3. The lowest BCUT2D eigenvalue weighted by Crippen LogP contribution is -2.25. The third kappa shape index (κ3) is 5.35. The van der Waals surface area contributed by atoms with E-state index in [1.807, 2.05) is 19.1 Å². The molecule has 0 aliphatic heterocycles. The summed E-state index contributed by atoms with van der Waals surface area (Å²) in [6, 6.07) is 6.68. The van der Waals surface area contributed by atoms with Crippen molar-refractivity contribution >= 4 is 44.5 Å². The van der Waals surface area contributed by atoms with Crippen LogP contribution in [-0.2, 0) is 4.74 Å². The van der Waals surface area contributed by atoms with Crippen molar-refractivity contribution in [3.8, 4) is 22.3 Å². The molecule has 11 nitrogen and oxygen atoms in total. The van der Waals surface area contributed by atoms with Crippen molar-refractivity contribution in [3.63, 3.8) is 0 Å². The first-order valence-electron chi connectivity index (χ1n) is 11.1. The van der Waals surface area contributed by atoms with E-state index >= 15 is 0 Å². The van der Waals surface area contributed by atoms with Crippen molar-refractivity contribution in [2.45, 2.75) is 20.0 Å². The van der Waals surface area contributed by atoms with Crippen LogP contribution in [-0.4, -0.2) is 56.0 Å². The highest BCUT2D eigenvalue weighted by atomic mass is 32.1. The maximum Gasteiger partial charge on any atom is 0.412 e. The zero-order chi connectivity index (χ0) is 25.9. The van der Waals surface area contributed by atoms with Gasteiger partial charge in [-0.2, -0.15) is 15.2 Å². The number of nitrogens with zero attached hydrogens (tertiary/aromatic N) is 6. The summed E-state index contributed by atoms with van der Waals surface area (Å²) in [5.74, 6) is -0.484. The van der Waals surface area contributed by atoms with E-state index in [2.05, 4.69) is 35.5 Å². The number of hydrogen-bond donors (Lipinski definition) is 1. The van der Waals surface area contributed by atoms with Crippen LogP contribution in [0.2, 0.25) is 0 Å². The molecule has 1 atom stereocenters. The number of fused-ring (bicyclic) bond motifs is 2. The minimum absolute atomic E-state index is 0.108. The fraction of sp³-hybridized carbons (Fsp3) is 0.208. The van der Waals surface area contributed by atoms with Crippen LogP contribution >= 0.6 is 11.3 Å². The van der Waals surface area contributed by atoms with Gasteiger partial charge in [0.05, 0.1) is 42.4 Å². The molecule has 1 N–H and O–H groups in total. The number of pyridine rings is 1. The molecule has 13 heteroatoms. The van der Waals surface area contributed by atoms with E-state index in [4.69, 9.17) is 14.2 Å². The number of aryl methyl sites for hydroxylation is 1. The number of rotatable bonds is 7. The molecule has 5 rings (SSSR count). The maximum absolute atomic E-state index is 14.7. The van der Waals surface area contributed by atoms with Crippen LogP contribution in [0.1, 0.15) is 12.5 Å². The van der Waals surface area contributed by atoms with E-state index in [0.29, 0.717) is 38.0 Å². The van der Waals surface area contributed by atoms with Gasteiger partial charge >= 0.3 is 6.09 Å². The van der Waals surface area contributed by atoms with Gasteiger partial charge in [-0.15, -0.1) is 0 Å². The molecule has 0 spiro atoms. The Kier molecular flexibility index (Phi) is 6.68. The summed E-state index contributed by atoms with van der Waals surface area (Å²) >= 11 is 1.28. The fourth-order valence-electron chi connectivity index (χ4n) is 3.48. The Morgan fingerprint density at radius 2 is 2.00 bits per heavy atom. The van der Waals surface area contributed by atoms with Crippen molar-refractivity contribution in [1.82, 2.24) is 30.1 Å². The predicted molar refractivity (Wildman–Crippen MR) is 134 cm³/mol. The molecular formula is C24H20FN7O4S. The number of nitrogens with one attached hydrogen (secondary N) is 1. The van der Waals surface area contributed by atoms with Crippen LogP contribution in [0.15, 0.2) is 42.9 Å². The van der Waals surface area contributed by atoms with E-state index in [9.17, 15) is 9.18 Å². The molecule has 0 aliphatic carbocycles. The summed E-state index contributed by atoms with van der Waals surface area (Å²) in [6.45, 7) is 3.45. The second-order valence-electron chi connectivity index (χ2n) is 7.99. The SMILES string of the molecule is COc1cnc2c(-c3nc4cc(F)c(OCC(C)OC(=O)Nc5ccnnc5)nc4s3)cc(C)cc2n1. The summed E-state index contributed by atoms with van der Waals surface area (Å²) in [5.41, 5.74) is 3.85. The topological polar surface area (TPSA) is 134 Å². The van der Waals surface area contributed by atoms with Crippen molar-refractivity contribution in [2.24, 2.45) is 0 Å². The normalized spacial score (nSPS) is 11.9. The molecule has 37 heavy (non-hydrogen) atoms. The van der Waals surface area contributed by atoms with Crippen LogP contribution in [0.3, 0.4) is 0 Å². The predicted octanol–water partition coefficient (Wildman–Crippen LogP) is 4.56. The molecule has 0 saturated heterocycles.